The molecular weight excluding hydrogens is 206 g/mol. The summed E-state index contributed by atoms with van der Waals surface area (Å²) < 4.78 is 5.05. The molecule has 1 unspecified atom stereocenters. The molecule has 0 rings (SSSR count). The third kappa shape index (κ3) is 4.49. The number of aliphatic carboxylic acids is 1. The van der Waals surface area contributed by atoms with Crippen LogP contribution in [0.15, 0.2) is 0 Å². The highest BCUT2D eigenvalue weighted by Crippen LogP contribution is 2.28. The van der Waals surface area contributed by atoms with Crippen LogP contribution >= 0.6 is 0 Å². The second-order valence-electron chi connectivity index (χ2n) is 5.27. The van der Waals surface area contributed by atoms with Crippen molar-refractivity contribution >= 4 is 5.97 Å². The Balaban J connectivity index is 4.38. The van der Waals surface area contributed by atoms with Gasteiger partial charge in [-0.3, -0.25) is 0 Å². The highest BCUT2D eigenvalue weighted by molar-refractivity contribution is 5.73. The average molecular weight is 231 g/mol. The summed E-state index contributed by atoms with van der Waals surface area (Å²) in [5, 5.41) is 9.04. The minimum Gasteiger partial charge on any atom is -0.479 e. The molecule has 0 amide bonds. The van der Waals surface area contributed by atoms with Crippen LogP contribution in [-0.2, 0) is 9.53 Å². The van der Waals surface area contributed by atoms with Gasteiger partial charge in [0, 0.05) is 18.6 Å². The Morgan fingerprint density at radius 2 is 1.94 bits per heavy atom. The van der Waals surface area contributed by atoms with Crippen molar-refractivity contribution in [3.63, 3.8) is 0 Å². The van der Waals surface area contributed by atoms with Gasteiger partial charge >= 0.3 is 5.97 Å². The van der Waals surface area contributed by atoms with E-state index in [1.807, 2.05) is 20.9 Å². The van der Waals surface area contributed by atoms with E-state index < -0.39 is 12.1 Å². The monoisotopic (exact) mass is 231 g/mol. The molecular formula is C12H25NO3. The van der Waals surface area contributed by atoms with Gasteiger partial charge < -0.3 is 14.7 Å². The fourth-order valence-corrected chi connectivity index (χ4v) is 1.61. The zero-order valence-corrected chi connectivity index (χ0v) is 11.3. The first-order valence-electron chi connectivity index (χ1n) is 5.68. The zero-order chi connectivity index (χ0) is 12.9. The normalized spacial score (nSPS) is 14.5. The van der Waals surface area contributed by atoms with Gasteiger partial charge in [0.05, 0.1) is 0 Å². The van der Waals surface area contributed by atoms with E-state index in [0.717, 1.165) is 13.0 Å². The summed E-state index contributed by atoms with van der Waals surface area (Å²) in [6.45, 7) is 8.99. The Morgan fingerprint density at radius 3 is 2.25 bits per heavy atom. The number of ether oxygens (including phenoxy) is 1. The first-order valence-corrected chi connectivity index (χ1v) is 5.68. The van der Waals surface area contributed by atoms with Crippen LogP contribution in [0.3, 0.4) is 0 Å². The van der Waals surface area contributed by atoms with Gasteiger partial charge in [-0.25, -0.2) is 4.79 Å². The molecule has 4 heteroatoms. The van der Waals surface area contributed by atoms with E-state index in [1.54, 1.807) is 0 Å². The van der Waals surface area contributed by atoms with Gasteiger partial charge in [0.2, 0.25) is 0 Å². The van der Waals surface area contributed by atoms with Gasteiger partial charge in [-0.05, 0) is 33.9 Å². The maximum atomic E-state index is 11.0. The topological polar surface area (TPSA) is 49.8 Å². The van der Waals surface area contributed by atoms with Gasteiger partial charge in [0.15, 0.2) is 6.10 Å². The summed E-state index contributed by atoms with van der Waals surface area (Å²) in [6.07, 6.45) is 0.0556. The molecule has 0 aromatic heterocycles. The average Bonchev–Trinajstić information content (AvgIpc) is 2.13. The predicted octanol–water partition coefficient (Wildman–Crippen LogP) is 1.84. The minimum absolute atomic E-state index is 0.357. The number of hydrogen-bond donors (Lipinski definition) is 1. The Morgan fingerprint density at radius 1 is 1.44 bits per heavy atom. The lowest BCUT2D eigenvalue weighted by molar-refractivity contribution is -0.156. The summed E-state index contributed by atoms with van der Waals surface area (Å²) >= 11 is 0. The predicted molar refractivity (Wildman–Crippen MR) is 64.6 cm³/mol. The van der Waals surface area contributed by atoms with Crippen molar-refractivity contribution in [1.82, 2.24) is 4.90 Å². The van der Waals surface area contributed by atoms with Gasteiger partial charge in [0.1, 0.15) is 0 Å². The van der Waals surface area contributed by atoms with Crippen LogP contribution in [0.4, 0.5) is 0 Å². The number of carboxylic acid groups (broad SMARTS) is 1. The van der Waals surface area contributed by atoms with E-state index in [4.69, 9.17) is 9.84 Å². The first kappa shape index (κ1) is 15.4. The molecule has 0 aromatic carbocycles. The van der Waals surface area contributed by atoms with Crippen molar-refractivity contribution in [1.29, 1.82) is 0 Å². The van der Waals surface area contributed by atoms with Crippen LogP contribution < -0.4 is 0 Å². The largest absolute Gasteiger partial charge is 0.479 e. The number of hydrogen-bond acceptors (Lipinski definition) is 3. The molecule has 4 nitrogen and oxygen atoms in total. The third-order valence-corrected chi connectivity index (χ3v) is 3.16. The first-order chi connectivity index (χ1) is 7.22. The number of carbonyl (C=O) groups is 1. The fraction of sp³-hybridized carbons (Fsp3) is 0.917. The van der Waals surface area contributed by atoms with Crippen molar-refractivity contribution in [2.45, 2.75) is 46.3 Å². The van der Waals surface area contributed by atoms with Gasteiger partial charge in [-0.15, -0.1) is 0 Å². The molecule has 0 radical (unpaired) electrons. The van der Waals surface area contributed by atoms with Crippen molar-refractivity contribution in [3.05, 3.63) is 0 Å². The van der Waals surface area contributed by atoms with Crippen molar-refractivity contribution in [2.75, 3.05) is 20.7 Å². The van der Waals surface area contributed by atoms with Crippen molar-refractivity contribution in [2.24, 2.45) is 5.41 Å². The molecule has 0 aliphatic rings. The smallest absolute Gasteiger partial charge is 0.333 e. The summed E-state index contributed by atoms with van der Waals surface area (Å²) in [5.41, 5.74) is -0.357. The number of methoxy groups -OCH3 is 1. The van der Waals surface area contributed by atoms with E-state index in [0.29, 0.717) is 6.04 Å². The maximum absolute atomic E-state index is 11.0. The second-order valence-corrected chi connectivity index (χ2v) is 5.27. The van der Waals surface area contributed by atoms with Crippen LogP contribution in [0, 0.1) is 5.41 Å². The molecule has 0 aliphatic heterocycles. The second kappa shape index (κ2) is 6.21. The quantitative estimate of drug-likeness (QED) is 0.726. The van der Waals surface area contributed by atoms with Crippen LogP contribution in [0.2, 0.25) is 0 Å². The summed E-state index contributed by atoms with van der Waals surface area (Å²) in [6, 6.07) is 0.474. The van der Waals surface area contributed by atoms with E-state index in [-0.39, 0.29) is 5.41 Å². The SMILES string of the molecule is COC(C(=O)O)C(C)(C)CCN(C)C(C)C. The van der Waals surface area contributed by atoms with Crippen LogP contribution in [-0.4, -0.2) is 48.8 Å². The molecule has 1 atom stereocenters. The van der Waals surface area contributed by atoms with E-state index in [9.17, 15) is 4.79 Å². The highest BCUT2D eigenvalue weighted by Gasteiger charge is 2.35. The lowest BCUT2D eigenvalue weighted by Crippen LogP contribution is -2.41. The number of rotatable bonds is 7. The Hall–Kier alpha value is -0.610. The standard InChI is InChI=1S/C12H25NO3/c1-9(2)13(5)8-7-12(3,4)10(16-6)11(14)15/h9-10H,7-8H2,1-6H3,(H,14,15). The third-order valence-electron chi connectivity index (χ3n) is 3.16. The molecule has 0 aliphatic carbocycles. The fourth-order valence-electron chi connectivity index (χ4n) is 1.61. The molecule has 1 N–H and O–H groups in total. The Bertz CT molecular complexity index is 226. The number of nitrogens with zero attached hydrogens (tertiary/aromatic N) is 1. The zero-order valence-electron chi connectivity index (χ0n) is 11.3. The van der Waals surface area contributed by atoms with Crippen LogP contribution in [0.25, 0.3) is 0 Å². The van der Waals surface area contributed by atoms with E-state index in [1.165, 1.54) is 7.11 Å². The molecule has 16 heavy (non-hydrogen) atoms. The minimum atomic E-state index is -0.889. The lowest BCUT2D eigenvalue weighted by atomic mass is 9.82. The van der Waals surface area contributed by atoms with Crippen LogP contribution in [0.5, 0.6) is 0 Å². The number of carboxylic acids is 1. The van der Waals surface area contributed by atoms with Crippen molar-refractivity contribution < 1.29 is 14.6 Å². The Kier molecular flexibility index (Phi) is 5.97. The van der Waals surface area contributed by atoms with Gasteiger partial charge in [-0.2, -0.15) is 0 Å². The maximum Gasteiger partial charge on any atom is 0.333 e. The van der Waals surface area contributed by atoms with Crippen molar-refractivity contribution in [3.8, 4) is 0 Å². The highest BCUT2D eigenvalue weighted by atomic mass is 16.5. The van der Waals surface area contributed by atoms with Gasteiger partial charge in [0.25, 0.3) is 0 Å². The molecule has 0 heterocycles. The van der Waals surface area contributed by atoms with E-state index >= 15 is 0 Å². The molecule has 0 saturated heterocycles. The lowest BCUT2D eigenvalue weighted by Gasteiger charge is -2.32. The molecule has 0 fully saturated rings. The molecule has 0 saturated carbocycles. The molecule has 0 aromatic rings. The van der Waals surface area contributed by atoms with Crippen LogP contribution in [0.1, 0.15) is 34.1 Å². The summed E-state index contributed by atoms with van der Waals surface area (Å²) in [5.74, 6) is -0.889. The van der Waals surface area contributed by atoms with E-state index in [2.05, 4.69) is 18.7 Å². The summed E-state index contributed by atoms with van der Waals surface area (Å²) in [7, 11) is 3.50. The Labute approximate surface area is 98.6 Å². The molecule has 96 valence electrons. The summed E-state index contributed by atoms with van der Waals surface area (Å²) in [4.78, 5) is 13.2. The molecule has 0 spiro atoms. The molecule has 0 bridgehead atoms. The van der Waals surface area contributed by atoms with Gasteiger partial charge in [-0.1, -0.05) is 13.8 Å².